The van der Waals surface area contributed by atoms with E-state index >= 15 is 0 Å². The van der Waals surface area contributed by atoms with Gasteiger partial charge in [-0.2, -0.15) is 0 Å². The summed E-state index contributed by atoms with van der Waals surface area (Å²) in [4.78, 5) is 117. The van der Waals surface area contributed by atoms with Crippen molar-refractivity contribution in [1.29, 1.82) is 0 Å². The van der Waals surface area contributed by atoms with Crippen molar-refractivity contribution in [2.45, 2.75) is 123 Å². The number of ketones is 4. The van der Waals surface area contributed by atoms with E-state index in [4.69, 9.17) is 23.7 Å². The molecule has 4 atom stereocenters. The first-order valence-electron chi connectivity index (χ1n) is 23.8. The van der Waals surface area contributed by atoms with Crippen molar-refractivity contribution < 1.29 is 66.8 Å². The molecule has 16 nitrogen and oxygen atoms in total. The Morgan fingerprint density at radius 2 is 1.43 bits per heavy atom. The van der Waals surface area contributed by atoms with Gasteiger partial charge in [-0.1, -0.05) is 64.3 Å². The van der Waals surface area contributed by atoms with Crippen LogP contribution in [-0.2, 0) is 44.7 Å². The van der Waals surface area contributed by atoms with Gasteiger partial charge in [0.15, 0.2) is 23.1 Å². The van der Waals surface area contributed by atoms with E-state index in [9.17, 15) is 43.2 Å². The first-order valence-corrected chi connectivity index (χ1v) is 23.8. The number of unbranched alkanes of at least 4 members (excludes halogenated alkanes) is 3. The Bertz CT molecular complexity index is 2460. The lowest BCUT2D eigenvalue weighted by Crippen LogP contribution is -2.54. The lowest BCUT2D eigenvalue weighted by atomic mass is 9.78. The van der Waals surface area contributed by atoms with Crippen LogP contribution in [0.15, 0.2) is 60.7 Å². The molecular formula is C53H62N2O14. The molecular weight excluding hydrogens is 889 g/mol. The smallest absolute Gasteiger partial charge is 0.310 e. The number of esters is 1. The number of Topliss-reactive ketones (excluding diaryl/α,β-unsaturated/α-hetero) is 4. The monoisotopic (exact) mass is 950 g/mol. The molecule has 2 fully saturated rings. The summed E-state index contributed by atoms with van der Waals surface area (Å²) in [5, 5.41) is 2.16. The van der Waals surface area contributed by atoms with Crippen molar-refractivity contribution in [3.8, 4) is 23.0 Å². The van der Waals surface area contributed by atoms with Crippen LogP contribution >= 0.6 is 0 Å². The predicted molar refractivity (Wildman–Crippen MR) is 250 cm³/mol. The zero-order valence-corrected chi connectivity index (χ0v) is 40.1. The number of nitrogens with one attached hydrogen (secondary N) is 1. The molecule has 3 aromatic rings. The molecule has 0 bridgehead atoms. The summed E-state index contributed by atoms with van der Waals surface area (Å²) in [5.41, 5.74) is 0.772. The van der Waals surface area contributed by atoms with Crippen molar-refractivity contribution in [3.63, 3.8) is 0 Å². The highest BCUT2D eigenvalue weighted by atomic mass is 16.5. The molecule has 3 aliphatic rings. The van der Waals surface area contributed by atoms with Crippen LogP contribution in [0, 0.1) is 17.3 Å². The van der Waals surface area contributed by atoms with Crippen LogP contribution in [0.5, 0.6) is 23.0 Å². The van der Waals surface area contributed by atoms with Crippen LogP contribution in [0.1, 0.15) is 142 Å². The highest BCUT2D eigenvalue weighted by Crippen LogP contribution is 2.39. The van der Waals surface area contributed by atoms with Gasteiger partial charge in [0, 0.05) is 30.6 Å². The average molecular weight is 951 g/mol. The number of hydrogen-bond donors (Lipinski definition) is 1. The van der Waals surface area contributed by atoms with Crippen LogP contribution in [-0.4, -0.2) is 91.1 Å². The molecule has 2 aliphatic heterocycles. The number of rotatable bonds is 26. The van der Waals surface area contributed by atoms with Crippen LogP contribution < -0.4 is 24.3 Å². The quantitative estimate of drug-likeness (QED) is 0.0363. The van der Waals surface area contributed by atoms with Gasteiger partial charge in [0.05, 0.1) is 31.3 Å². The normalized spacial score (nSPS) is 18.3. The second-order valence-electron chi connectivity index (χ2n) is 18.5. The van der Waals surface area contributed by atoms with Gasteiger partial charge in [-0.05, 0) is 98.9 Å². The molecule has 1 saturated carbocycles. The Morgan fingerprint density at radius 3 is 2.12 bits per heavy atom. The standard InChI is InChI=1S/C53H62N2O14/c1-6-53(2,3)48(60)47(59)37-18-12-19-38(37)52(64)69-41(25-22-32-23-26-42(65-4)44(28-32)66-5)33-14-11-17-36(29-33)67-30-34(56)15-9-7-8-10-16-35(57)31-68-43-21-13-20-39-46(43)51(63)55(50(39)62)40-24-27-45(58)54-49(40)61/h11,13-14,17,20-21,23,26,28-29,37-38,40-41H,6-10,12,15-16,18-19,22,24-25,27,30-31H2,1-5H3,(H,54,58,61)/t37?,38-,40?,41-/m1/s1. The topological polar surface area (TPSA) is 215 Å². The molecule has 3 aromatic carbocycles. The molecule has 0 aromatic heterocycles. The molecule has 2 unspecified atom stereocenters. The summed E-state index contributed by atoms with van der Waals surface area (Å²) < 4.78 is 28.7. The van der Waals surface area contributed by atoms with Crippen LogP contribution in [0.2, 0.25) is 0 Å². The van der Waals surface area contributed by atoms with E-state index in [1.165, 1.54) is 18.2 Å². The summed E-state index contributed by atoms with van der Waals surface area (Å²) >= 11 is 0. The first kappa shape index (κ1) is 51.7. The van der Waals surface area contributed by atoms with Crippen molar-refractivity contribution in [2.75, 3.05) is 27.4 Å². The number of carbonyl (C=O) groups excluding carboxylic acids is 9. The summed E-state index contributed by atoms with van der Waals surface area (Å²) in [6.45, 7) is 4.85. The van der Waals surface area contributed by atoms with E-state index in [0.29, 0.717) is 87.0 Å². The van der Waals surface area contributed by atoms with E-state index in [2.05, 4.69) is 5.32 Å². The third-order valence-electron chi connectivity index (χ3n) is 13.4. The van der Waals surface area contributed by atoms with Gasteiger partial charge in [0.25, 0.3) is 11.8 Å². The second-order valence-corrected chi connectivity index (χ2v) is 18.5. The summed E-state index contributed by atoms with van der Waals surface area (Å²) in [6, 6.07) is 16.0. The fourth-order valence-corrected chi connectivity index (χ4v) is 8.95. The van der Waals surface area contributed by atoms with Gasteiger partial charge in [0.1, 0.15) is 36.9 Å². The molecule has 4 amide bonds. The molecule has 1 aliphatic carbocycles. The van der Waals surface area contributed by atoms with Gasteiger partial charge in [-0.3, -0.25) is 53.4 Å². The van der Waals surface area contributed by atoms with Gasteiger partial charge < -0.3 is 23.7 Å². The number of methoxy groups -OCH3 is 2. The number of ether oxygens (including phenoxy) is 5. The number of nitrogens with zero attached hydrogens (tertiary/aromatic N) is 1. The fraction of sp³-hybridized carbons (Fsp3) is 0.491. The Kier molecular flexibility index (Phi) is 17.6. The average Bonchev–Trinajstić information content (AvgIpc) is 3.94. The second kappa shape index (κ2) is 23.5. The minimum Gasteiger partial charge on any atom is -0.493 e. The number of benzene rings is 3. The molecule has 16 heteroatoms. The Morgan fingerprint density at radius 1 is 0.754 bits per heavy atom. The van der Waals surface area contributed by atoms with Crippen molar-refractivity contribution in [2.24, 2.45) is 17.3 Å². The minimum absolute atomic E-state index is 0.00463. The lowest BCUT2D eigenvalue weighted by molar-refractivity contribution is -0.159. The minimum atomic E-state index is -1.12. The zero-order valence-electron chi connectivity index (χ0n) is 40.1. The maximum absolute atomic E-state index is 13.9. The highest BCUT2D eigenvalue weighted by molar-refractivity contribution is 6.40. The van der Waals surface area contributed by atoms with E-state index in [0.717, 1.165) is 10.5 Å². The van der Waals surface area contributed by atoms with E-state index < -0.39 is 70.6 Å². The number of aryl methyl sites for hydroxylation is 1. The number of fused-ring (bicyclic) bond motifs is 1. The molecule has 0 radical (unpaired) electrons. The lowest BCUT2D eigenvalue weighted by Gasteiger charge is -2.27. The Balaban J connectivity index is 0.970. The van der Waals surface area contributed by atoms with Gasteiger partial charge in [0.2, 0.25) is 23.4 Å². The summed E-state index contributed by atoms with van der Waals surface area (Å²) in [5.74, 6) is -4.28. The molecule has 1 N–H and O–H groups in total. The number of hydrogen-bond acceptors (Lipinski definition) is 14. The van der Waals surface area contributed by atoms with Gasteiger partial charge in [-0.15, -0.1) is 0 Å². The third kappa shape index (κ3) is 12.7. The predicted octanol–water partition coefficient (Wildman–Crippen LogP) is 7.25. The molecule has 1 saturated heterocycles. The third-order valence-corrected chi connectivity index (χ3v) is 13.4. The number of imide groups is 2. The molecule has 0 spiro atoms. The first-order chi connectivity index (χ1) is 33.1. The fourth-order valence-electron chi connectivity index (χ4n) is 8.95. The molecule has 6 rings (SSSR count). The zero-order chi connectivity index (χ0) is 49.8. The van der Waals surface area contributed by atoms with E-state index in [-0.39, 0.29) is 67.3 Å². The van der Waals surface area contributed by atoms with Crippen molar-refractivity contribution in [1.82, 2.24) is 10.2 Å². The molecule has 2 heterocycles. The van der Waals surface area contributed by atoms with Crippen molar-refractivity contribution in [3.05, 3.63) is 82.9 Å². The largest absolute Gasteiger partial charge is 0.493 e. The summed E-state index contributed by atoms with van der Waals surface area (Å²) in [7, 11) is 3.11. The van der Waals surface area contributed by atoms with Crippen LogP contribution in [0.3, 0.4) is 0 Å². The molecule has 69 heavy (non-hydrogen) atoms. The van der Waals surface area contributed by atoms with Crippen molar-refractivity contribution >= 4 is 52.7 Å². The maximum atomic E-state index is 13.9. The summed E-state index contributed by atoms with van der Waals surface area (Å²) in [6.07, 6.45) is 5.15. The highest BCUT2D eigenvalue weighted by Gasteiger charge is 2.47. The molecule has 368 valence electrons. The van der Waals surface area contributed by atoms with Crippen LogP contribution in [0.4, 0.5) is 0 Å². The number of carbonyl (C=O) groups is 9. The maximum Gasteiger partial charge on any atom is 0.310 e. The number of amides is 4. The Hall–Kier alpha value is -6.71. The van der Waals surface area contributed by atoms with E-state index in [1.54, 1.807) is 52.3 Å². The van der Waals surface area contributed by atoms with Crippen LogP contribution in [0.25, 0.3) is 0 Å². The SMILES string of the molecule is CCC(C)(C)C(=O)C(=O)C1CCC[C@H]1C(=O)O[C@H](CCc1ccc(OC)c(OC)c1)c1cccc(OCC(=O)CCCCCCC(=O)COc2cccc3c2C(=O)N(C2CCC(=O)NC2=O)C3=O)c1. The van der Waals surface area contributed by atoms with E-state index in [1.807, 2.05) is 25.1 Å². The van der Waals surface area contributed by atoms with Gasteiger partial charge in [-0.25, -0.2) is 0 Å². The van der Waals surface area contributed by atoms with Gasteiger partial charge >= 0.3 is 5.97 Å². The number of piperidine rings is 1. The Labute approximate surface area is 402 Å².